The van der Waals surface area contributed by atoms with Gasteiger partial charge in [-0.15, -0.1) is 0 Å². The molecule has 0 aromatic heterocycles. The fourth-order valence-corrected chi connectivity index (χ4v) is 3.37. The molecule has 1 heterocycles. The summed E-state index contributed by atoms with van der Waals surface area (Å²) in [5.74, 6) is -2.35. The van der Waals surface area contributed by atoms with E-state index in [-0.39, 0.29) is 30.7 Å². The molecule has 3 atom stereocenters. The average molecular weight is 403 g/mol. The first-order valence-corrected chi connectivity index (χ1v) is 9.85. The zero-order valence-electron chi connectivity index (χ0n) is 17.3. The van der Waals surface area contributed by atoms with E-state index in [1.807, 2.05) is 29.6 Å². The third-order valence-electron chi connectivity index (χ3n) is 5.18. The molecule has 1 aliphatic heterocycles. The fraction of sp³-hybridized carbons (Fsp3) is 0.524. The second kappa shape index (κ2) is 9.54. The van der Waals surface area contributed by atoms with Gasteiger partial charge in [0.05, 0.1) is 5.92 Å². The first-order chi connectivity index (χ1) is 13.6. The van der Waals surface area contributed by atoms with Crippen molar-refractivity contribution in [1.29, 1.82) is 0 Å². The maximum atomic E-state index is 12.7. The number of urea groups is 1. The molecule has 158 valence electrons. The lowest BCUT2D eigenvalue weighted by atomic mass is 9.96. The summed E-state index contributed by atoms with van der Waals surface area (Å²) in [5, 5.41) is 1.94. The molecule has 0 radical (unpaired) electrons. The Hall–Kier alpha value is -2.90. The van der Waals surface area contributed by atoms with E-state index in [9.17, 15) is 19.2 Å². The quantitative estimate of drug-likeness (QED) is 0.677. The standard InChI is InChI=1S/C21H29N3O5/c1-5-13(4)15-8-6-7-9-16(15)24-11-14(10-17(24)25)20(27)29-18(12(2)3)19(26)23-21(22)28/h6-9,12-14,18H,5,10-11H2,1-4H3,(H3,22,23,26,28)/t13-,14+,18+/m1/s1. The van der Waals surface area contributed by atoms with Crippen LogP contribution in [0.1, 0.15) is 52.0 Å². The zero-order valence-corrected chi connectivity index (χ0v) is 17.3. The number of amides is 4. The number of esters is 1. The highest BCUT2D eigenvalue weighted by atomic mass is 16.5. The first kappa shape index (κ1) is 22.4. The minimum Gasteiger partial charge on any atom is -0.452 e. The number of hydrogen-bond donors (Lipinski definition) is 2. The Labute approximate surface area is 170 Å². The van der Waals surface area contributed by atoms with Crippen molar-refractivity contribution in [2.24, 2.45) is 17.6 Å². The monoisotopic (exact) mass is 403 g/mol. The van der Waals surface area contributed by atoms with E-state index >= 15 is 0 Å². The molecule has 1 fully saturated rings. The summed E-state index contributed by atoms with van der Waals surface area (Å²) < 4.78 is 5.35. The van der Waals surface area contributed by atoms with Crippen molar-refractivity contribution < 1.29 is 23.9 Å². The highest BCUT2D eigenvalue weighted by Gasteiger charge is 2.39. The average Bonchev–Trinajstić information content (AvgIpc) is 3.06. The van der Waals surface area contributed by atoms with Gasteiger partial charge >= 0.3 is 12.0 Å². The number of benzene rings is 1. The van der Waals surface area contributed by atoms with Crippen LogP contribution in [0.2, 0.25) is 0 Å². The van der Waals surface area contributed by atoms with Gasteiger partial charge in [-0.05, 0) is 29.9 Å². The van der Waals surface area contributed by atoms with Crippen molar-refractivity contribution in [3.05, 3.63) is 29.8 Å². The number of anilines is 1. The number of nitrogens with zero attached hydrogens (tertiary/aromatic N) is 1. The summed E-state index contributed by atoms with van der Waals surface area (Å²) in [6, 6.07) is 6.65. The minimum absolute atomic E-state index is 0.00985. The van der Waals surface area contributed by atoms with E-state index in [4.69, 9.17) is 10.5 Å². The molecule has 0 spiro atoms. The minimum atomic E-state index is -1.16. The number of para-hydroxylation sites is 1. The molecule has 1 saturated heterocycles. The van der Waals surface area contributed by atoms with Crippen LogP contribution >= 0.6 is 0 Å². The summed E-state index contributed by atoms with van der Waals surface area (Å²) >= 11 is 0. The van der Waals surface area contributed by atoms with Crippen LogP contribution in [0, 0.1) is 11.8 Å². The predicted octanol–water partition coefficient (Wildman–Crippen LogP) is 2.32. The van der Waals surface area contributed by atoms with Gasteiger partial charge in [0, 0.05) is 18.7 Å². The topological polar surface area (TPSA) is 119 Å². The van der Waals surface area contributed by atoms with Crippen LogP contribution in [0.5, 0.6) is 0 Å². The van der Waals surface area contributed by atoms with E-state index in [0.29, 0.717) is 0 Å². The predicted molar refractivity (Wildman–Crippen MR) is 108 cm³/mol. The van der Waals surface area contributed by atoms with E-state index in [1.165, 1.54) is 0 Å². The third kappa shape index (κ3) is 5.34. The number of ether oxygens (including phenoxy) is 1. The Morgan fingerprint density at radius 1 is 1.24 bits per heavy atom. The largest absolute Gasteiger partial charge is 0.452 e. The molecule has 1 aromatic carbocycles. The van der Waals surface area contributed by atoms with Crippen LogP contribution < -0.4 is 16.0 Å². The van der Waals surface area contributed by atoms with Crippen molar-refractivity contribution in [2.45, 2.75) is 52.6 Å². The number of imide groups is 1. The number of carbonyl (C=O) groups excluding carboxylic acids is 4. The zero-order chi connectivity index (χ0) is 21.7. The molecule has 29 heavy (non-hydrogen) atoms. The first-order valence-electron chi connectivity index (χ1n) is 9.85. The smallest absolute Gasteiger partial charge is 0.318 e. The number of nitrogens with two attached hydrogens (primary N) is 1. The maximum absolute atomic E-state index is 12.7. The normalized spacial score (nSPS) is 18.4. The lowest BCUT2D eigenvalue weighted by Crippen LogP contribution is -2.46. The summed E-state index contributed by atoms with van der Waals surface area (Å²) in [5.41, 5.74) is 6.83. The highest BCUT2D eigenvalue weighted by Crippen LogP contribution is 2.34. The van der Waals surface area contributed by atoms with Crippen molar-refractivity contribution >= 4 is 29.5 Å². The lowest BCUT2D eigenvalue weighted by Gasteiger charge is -2.24. The third-order valence-corrected chi connectivity index (χ3v) is 5.18. The molecule has 1 aromatic rings. The molecule has 4 amide bonds. The van der Waals surface area contributed by atoms with Crippen molar-refractivity contribution in [3.8, 4) is 0 Å². The number of hydrogen-bond acceptors (Lipinski definition) is 5. The summed E-state index contributed by atoms with van der Waals surface area (Å²) in [7, 11) is 0. The van der Waals surface area contributed by atoms with Crippen molar-refractivity contribution in [2.75, 3.05) is 11.4 Å². The second-order valence-electron chi connectivity index (χ2n) is 7.73. The molecule has 2 rings (SSSR count). The second-order valence-corrected chi connectivity index (χ2v) is 7.73. The van der Waals surface area contributed by atoms with Crippen LogP contribution in [0.15, 0.2) is 24.3 Å². The molecular formula is C21H29N3O5. The molecule has 0 saturated carbocycles. The fourth-order valence-electron chi connectivity index (χ4n) is 3.37. The van der Waals surface area contributed by atoms with Gasteiger partial charge in [0.1, 0.15) is 0 Å². The number of rotatable bonds is 7. The van der Waals surface area contributed by atoms with Crippen LogP contribution in [-0.2, 0) is 19.1 Å². The maximum Gasteiger partial charge on any atom is 0.318 e. The van der Waals surface area contributed by atoms with Crippen LogP contribution in [0.4, 0.5) is 10.5 Å². The summed E-state index contributed by atoms with van der Waals surface area (Å²) in [6.45, 7) is 7.74. The number of nitrogens with one attached hydrogen (secondary N) is 1. The van der Waals surface area contributed by atoms with Crippen LogP contribution in [0.25, 0.3) is 0 Å². The van der Waals surface area contributed by atoms with E-state index in [2.05, 4.69) is 13.8 Å². The Morgan fingerprint density at radius 2 is 1.90 bits per heavy atom. The molecule has 3 N–H and O–H groups in total. The molecular weight excluding hydrogens is 374 g/mol. The van der Waals surface area contributed by atoms with Gasteiger partial charge in [0.15, 0.2) is 6.10 Å². The van der Waals surface area contributed by atoms with Gasteiger partial charge in [0.25, 0.3) is 5.91 Å². The van der Waals surface area contributed by atoms with Gasteiger partial charge in [-0.1, -0.05) is 45.9 Å². The van der Waals surface area contributed by atoms with Crippen LogP contribution in [0.3, 0.4) is 0 Å². The van der Waals surface area contributed by atoms with Crippen molar-refractivity contribution in [3.63, 3.8) is 0 Å². The highest BCUT2D eigenvalue weighted by molar-refractivity contribution is 6.01. The van der Waals surface area contributed by atoms with E-state index in [1.54, 1.807) is 18.7 Å². The van der Waals surface area contributed by atoms with Gasteiger partial charge in [-0.25, -0.2) is 4.79 Å². The van der Waals surface area contributed by atoms with Crippen LogP contribution in [-0.4, -0.2) is 36.5 Å². The number of primary amides is 1. The molecule has 1 aliphatic rings. The van der Waals surface area contributed by atoms with Gasteiger partial charge < -0.3 is 15.4 Å². The molecule has 0 unspecified atom stereocenters. The molecule has 0 bridgehead atoms. The Kier molecular flexibility index (Phi) is 7.36. The van der Waals surface area contributed by atoms with Gasteiger partial charge in [-0.2, -0.15) is 0 Å². The molecule has 0 aliphatic carbocycles. The lowest BCUT2D eigenvalue weighted by molar-refractivity contribution is -0.161. The number of carbonyl (C=O) groups is 4. The van der Waals surface area contributed by atoms with E-state index in [0.717, 1.165) is 17.7 Å². The Bertz CT molecular complexity index is 792. The van der Waals surface area contributed by atoms with Gasteiger partial charge in [-0.3, -0.25) is 19.7 Å². The Balaban J connectivity index is 2.14. The van der Waals surface area contributed by atoms with Gasteiger partial charge in [0.2, 0.25) is 5.91 Å². The van der Waals surface area contributed by atoms with Crippen molar-refractivity contribution in [1.82, 2.24) is 5.32 Å². The van der Waals surface area contributed by atoms with E-state index < -0.39 is 29.9 Å². The molecule has 8 heteroatoms. The summed E-state index contributed by atoms with van der Waals surface area (Å²) in [4.78, 5) is 49.9. The summed E-state index contributed by atoms with van der Waals surface area (Å²) in [6.07, 6.45) is -0.225. The SMILES string of the molecule is CC[C@@H](C)c1ccccc1N1C[C@@H](C(=O)O[C@H](C(=O)NC(N)=O)C(C)C)CC1=O. The Morgan fingerprint density at radius 3 is 2.48 bits per heavy atom. The molecule has 8 nitrogen and oxygen atoms in total.